The molecule has 186 valence electrons. The number of hydrogen-bond acceptors (Lipinski definition) is 6. The van der Waals surface area contributed by atoms with Crippen molar-refractivity contribution in [2.45, 2.75) is 89.4 Å². The van der Waals surface area contributed by atoms with Gasteiger partial charge >= 0.3 is 5.97 Å². The van der Waals surface area contributed by atoms with Crippen LogP contribution in [0.5, 0.6) is 5.75 Å². The summed E-state index contributed by atoms with van der Waals surface area (Å²) >= 11 is 0. The Hall–Kier alpha value is -1.63. The van der Waals surface area contributed by atoms with Gasteiger partial charge < -0.3 is 23.8 Å². The van der Waals surface area contributed by atoms with Crippen molar-refractivity contribution in [1.29, 1.82) is 0 Å². The van der Waals surface area contributed by atoms with Crippen molar-refractivity contribution in [2.24, 2.45) is 0 Å². The van der Waals surface area contributed by atoms with Crippen LogP contribution in [-0.4, -0.2) is 69.1 Å². The minimum absolute atomic E-state index is 0.248. The number of unbranched alkanes of at least 4 members (excludes halogenated alkanes) is 3. The molecule has 0 atom stereocenters. The average molecular weight is 462 g/mol. The molecule has 0 amide bonds. The van der Waals surface area contributed by atoms with Crippen LogP contribution >= 0.6 is 0 Å². The summed E-state index contributed by atoms with van der Waals surface area (Å²) in [7, 11) is 1.77. The number of methoxy groups -OCH3 is 1. The monoisotopic (exact) mass is 461 g/mol. The van der Waals surface area contributed by atoms with E-state index in [4.69, 9.17) is 18.9 Å². The van der Waals surface area contributed by atoms with Crippen LogP contribution in [0.1, 0.15) is 81.5 Å². The number of rotatable bonds is 13. The van der Waals surface area contributed by atoms with Crippen molar-refractivity contribution in [3.05, 3.63) is 29.8 Å². The summed E-state index contributed by atoms with van der Waals surface area (Å²) in [5.41, 5.74) is 0.570. The molecule has 33 heavy (non-hydrogen) atoms. The Morgan fingerprint density at radius 2 is 1.55 bits per heavy atom. The highest BCUT2D eigenvalue weighted by atomic mass is 16.5. The predicted molar refractivity (Wildman–Crippen MR) is 130 cm³/mol. The zero-order chi connectivity index (χ0) is 23.3. The van der Waals surface area contributed by atoms with Crippen molar-refractivity contribution in [2.75, 3.05) is 40.0 Å². The molecule has 2 fully saturated rings. The molecule has 1 aromatic rings. The van der Waals surface area contributed by atoms with Gasteiger partial charge in [-0.15, -0.1) is 0 Å². The lowest BCUT2D eigenvalue weighted by Gasteiger charge is -2.40. The molecular weight excluding hydrogens is 418 g/mol. The minimum Gasteiger partial charge on any atom is -0.490 e. The van der Waals surface area contributed by atoms with E-state index >= 15 is 0 Å². The van der Waals surface area contributed by atoms with Gasteiger partial charge in [0.05, 0.1) is 18.3 Å². The first-order valence-electron chi connectivity index (χ1n) is 13.0. The lowest BCUT2D eigenvalue weighted by molar-refractivity contribution is -0.00423. The Kier molecular flexibility index (Phi) is 11.5. The maximum absolute atomic E-state index is 11.8. The van der Waals surface area contributed by atoms with E-state index in [-0.39, 0.29) is 12.1 Å². The van der Waals surface area contributed by atoms with E-state index in [0.29, 0.717) is 24.3 Å². The number of esters is 1. The summed E-state index contributed by atoms with van der Waals surface area (Å²) in [6.45, 7) is 6.19. The van der Waals surface area contributed by atoms with E-state index in [0.717, 1.165) is 51.3 Å². The molecule has 1 aromatic carbocycles. The van der Waals surface area contributed by atoms with E-state index in [1.165, 1.54) is 44.9 Å². The van der Waals surface area contributed by atoms with Crippen molar-refractivity contribution in [1.82, 2.24) is 4.90 Å². The second-order valence-corrected chi connectivity index (χ2v) is 9.31. The Labute approximate surface area is 199 Å². The summed E-state index contributed by atoms with van der Waals surface area (Å²) in [4.78, 5) is 14.4. The molecule has 1 heterocycles. The SMILES string of the molecule is CCOC(=O)c1ccc(OC2CCN(C3CCC(OCCCCCCOC)CC3)CC2)cc1. The average Bonchev–Trinajstić information content (AvgIpc) is 2.85. The third kappa shape index (κ3) is 8.91. The number of benzene rings is 1. The molecular formula is C27H43NO5. The van der Waals surface area contributed by atoms with Gasteiger partial charge in [0, 0.05) is 39.5 Å². The van der Waals surface area contributed by atoms with Crippen molar-refractivity contribution in [3.8, 4) is 5.75 Å². The maximum atomic E-state index is 11.8. The van der Waals surface area contributed by atoms with Gasteiger partial charge in [-0.2, -0.15) is 0 Å². The van der Waals surface area contributed by atoms with Crippen LogP contribution in [0.3, 0.4) is 0 Å². The Morgan fingerprint density at radius 1 is 0.879 bits per heavy atom. The summed E-state index contributed by atoms with van der Waals surface area (Å²) in [6, 6.07) is 8.01. The first-order valence-corrected chi connectivity index (χ1v) is 13.0. The number of piperidine rings is 1. The standard InChI is InChI=1S/C27H43NO5/c1-3-31-27(29)22-8-12-25(13-9-22)33-26-16-18-28(19-17-26)23-10-14-24(15-11-23)32-21-7-5-4-6-20-30-2/h8-9,12-13,23-24,26H,3-7,10-11,14-21H2,1-2H3. The van der Waals surface area contributed by atoms with Crippen LogP contribution in [0, 0.1) is 0 Å². The summed E-state index contributed by atoms with van der Waals surface area (Å²) in [6.07, 6.45) is 12.5. The van der Waals surface area contributed by atoms with E-state index in [1.807, 2.05) is 19.1 Å². The molecule has 6 nitrogen and oxygen atoms in total. The van der Waals surface area contributed by atoms with E-state index in [9.17, 15) is 4.79 Å². The molecule has 1 saturated carbocycles. The van der Waals surface area contributed by atoms with Gasteiger partial charge in [0.2, 0.25) is 0 Å². The molecule has 1 aliphatic heterocycles. The highest BCUT2D eigenvalue weighted by Gasteiger charge is 2.29. The number of nitrogens with zero attached hydrogens (tertiary/aromatic N) is 1. The molecule has 0 unspecified atom stereocenters. The third-order valence-corrected chi connectivity index (χ3v) is 6.90. The van der Waals surface area contributed by atoms with Gasteiger partial charge in [0.25, 0.3) is 0 Å². The number of carbonyl (C=O) groups is 1. The van der Waals surface area contributed by atoms with Crippen molar-refractivity contribution < 1.29 is 23.7 Å². The van der Waals surface area contributed by atoms with Crippen LogP contribution in [-0.2, 0) is 14.2 Å². The molecule has 0 spiro atoms. The second-order valence-electron chi connectivity index (χ2n) is 9.31. The number of ether oxygens (including phenoxy) is 4. The quantitative estimate of drug-likeness (QED) is 0.296. The zero-order valence-electron chi connectivity index (χ0n) is 20.6. The highest BCUT2D eigenvalue weighted by molar-refractivity contribution is 5.89. The van der Waals surface area contributed by atoms with Gasteiger partial charge in [-0.25, -0.2) is 4.79 Å². The summed E-state index contributed by atoms with van der Waals surface area (Å²) < 4.78 is 22.5. The highest BCUT2D eigenvalue weighted by Crippen LogP contribution is 2.28. The molecule has 1 aliphatic carbocycles. The molecule has 0 aromatic heterocycles. The first-order chi connectivity index (χ1) is 16.2. The number of hydrogen-bond donors (Lipinski definition) is 0. The van der Waals surface area contributed by atoms with Gasteiger partial charge in [-0.05, 0) is 82.6 Å². The van der Waals surface area contributed by atoms with E-state index < -0.39 is 0 Å². The number of carbonyl (C=O) groups excluding carboxylic acids is 1. The number of likely N-dealkylation sites (tertiary alicyclic amines) is 1. The van der Waals surface area contributed by atoms with Crippen molar-refractivity contribution >= 4 is 5.97 Å². The largest absolute Gasteiger partial charge is 0.490 e. The third-order valence-electron chi connectivity index (χ3n) is 6.90. The van der Waals surface area contributed by atoms with Gasteiger partial charge in [0.15, 0.2) is 0 Å². The van der Waals surface area contributed by atoms with Crippen LogP contribution in [0.4, 0.5) is 0 Å². The van der Waals surface area contributed by atoms with Crippen molar-refractivity contribution in [3.63, 3.8) is 0 Å². The summed E-state index contributed by atoms with van der Waals surface area (Å²) in [5, 5.41) is 0. The second kappa shape index (κ2) is 14.6. The van der Waals surface area contributed by atoms with Gasteiger partial charge in [-0.1, -0.05) is 12.8 Å². The normalized spacial score (nSPS) is 22.2. The van der Waals surface area contributed by atoms with Gasteiger partial charge in [0.1, 0.15) is 11.9 Å². The van der Waals surface area contributed by atoms with E-state index in [2.05, 4.69) is 4.90 Å². The van der Waals surface area contributed by atoms with E-state index in [1.54, 1.807) is 19.2 Å². The molecule has 3 rings (SSSR count). The molecule has 2 aliphatic rings. The van der Waals surface area contributed by atoms with Crippen LogP contribution < -0.4 is 4.74 Å². The molecule has 0 radical (unpaired) electrons. The lowest BCUT2D eigenvalue weighted by atomic mass is 9.90. The Morgan fingerprint density at radius 3 is 2.18 bits per heavy atom. The Bertz CT molecular complexity index is 664. The topological polar surface area (TPSA) is 57.2 Å². The Balaban J connectivity index is 1.28. The first kappa shape index (κ1) is 26.0. The van der Waals surface area contributed by atoms with Gasteiger partial charge in [-0.3, -0.25) is 0 Å². The summed E-state index contributed by atoms with van der Waals surface area (Å²) in [5.74, 6) is 0.549. The molecule has 0 N–H and O–H groups in total. The lowest BCUT2D eigenvalue weighted by Crippen LogP contribution is -2.46. The molecule has 6 heteroatoms. The zero-order valence-corrected chi connectivity index (χ0v) is 20.6. The molecule has 1 saturated heterocycles. The fourth-order valence-corrected chi connectivity index (χ4v) is 4.96. The fraction of sp³-hybridized carbons (Fsp3) is 0.741. The van der Waals surface area contributed by atoms with Crippen LogP contribution in [0.25, 0.3) is 0 Å². The van der Waals surface area contributed by atoms with Crippen LogP contribution in [0.2, 0.25) is 0 Å². The predicted octanol–water partition coefficient (Wildman–Crippen LogP) is 5.24. The fourth-order valence-electron chi connectivity index (χ4n) is 4.96. The smallest absolute Gasteiger partial charge is 0.338 e. The molecule has 0 bridgehead atoms. The maximum Gasteiger partial charge on any atom is 0.338 e. The van der Waals surface area contributed by atoms with Crippen LogP contribution in [0.15, 0.2) is 24.3 Å². The minimum atomic E-state index is -0.282.